The second-order valence-corrected chi connectivity index (χ2v) is 6.29. The van der Waals surface area contributed by atoms with Crippen LogP contribution < -0.4 is 10.1 Å². The van der Waals surface area contributed by atoms with Crippen LogP contribution in [0.5, 0.6) is 5.75 Å². The van der Waals surface area contributed by atoms with Gasteiger partial charge in [0.15, 0.2) is 5.96 Å². The summed E-state index contributed by atoms with van der Waals surface area (Å²) in [5.41, 5.74) is 0.651. The predicted molar refractivity (Wildman–Crippen MR) is 109 cm³/mol. The van der Waals surface area contributed by atoms with E-state index in [1.165, 1.54) is 6.07 Å². The molecule has 0 spiro atoms. The summed E-state index contributed by atoms with van der Waals surface area (Å²) in [6.07, 6.45) is 2.25. The molecule has 1 N–H and O–H groups in total. The molecule has 2 fully saturated rings. The van der Waals surface area contributed by atoms with Gasteiger partial charge in [0.1, 0.15) is 11.9 Å². The minimum Gasteiger partial charge on any atom is -0.434 e. The number of hydrogen-bond donors (Lipinski definition) is 1. The van der Waals surface area contributed by atoms with Crippen LogP contribution in [-0.4, -0.2) is 63.0 Å². The van der Waals surface area contributed by atoms with Gasteiger partial charge in [-0.2, -0.15) is 8.78 Å². The van der Waals surface area contributed by atoms with Crippen molar-refractivity contribution in [3.63, 3.8) is 0 Å². The van der Waals surface area contributed by atoms with Crippen molar-refractivity contribution in [2.24, 2.45) is 4.99 Å². The van der Waals surface area contributed by atoms with Gasteiger partial charge in [0.2, 0.25) is 0 Å². The van der Waals surface area contributed by atoms with Gasteiger partial charge in [0.25, 0.3) is 0 Å². The van der Waals surface area contributed by atoms with E-state index < -0.39 is 6.61 Å². The van der Waals surface area contributed by atoms with Crippen LogP contribution in [0, 0.1) is 0 Å². The van der Waals surface area contributed by atoms with E-state index in [-0.39, 0.29) is 41.9 Å². The number of nitrogens with zero attached hydrogens (tertiary/aromatic N) is 2. The molecule has 1 aromatic rings. The molecule has 2 aliphatic rings. The monoisotopic (exact) mass is 497 g/mol. The van der Waals surface area contributed by atoms with Crippen LogP contribution in [0.4, 0.5) is 8.78 Å². The molecule has 1 aromatic carbocycles. The lowest BCUT2D eigenvalue weighted by Crippen LogP contribution is -2.53. The van der Waals surface area contributed by atoms with E-state index in [4.69, 9.17) is 9.47 Å². The third-order valence-electron chi connectivity index (χ3n) is 4.61. The van der Waals surface area contributed by atoms with Gasteiger partial charge in [-0.25, -0.2) is 0 Å². The quantitative estimate of drug-likeness (QED) is 0.386. The van der Waals surface area contributed by atoms with Gasteiger partial charge in [0, 0.05) is 38.9 Å². The number of rotatable bonds is 5. The molecule has 9 heteroatoms. The van der Waals surface area contributed by atoms with Crippen molar-refractivity contribution in [1.82, 2.24) is 10.2 Å². The standard InChI is InChI=1S/C18H25F2N3O3.HI/c1-21-18(22-11-13-5-2-3-6-14(13)26-17(19)20)23-8-10-25-16(12-23)15-7-4-9-24-15;/h2-3,5-6,15-17H,4,7-12H2,1H3,(H,21,22);1H. The van der Waals surface area contributed by atoms with Crippen LogP contribution >= 0.6 is 24.0 Å². The lowest BCUT2D eigenvalue weighted by Gasteiger charge is -2.37. The maximum Gasteiger partial charge on any atom is 0.387 e. The number of morpholine rings is 1. The van der Waals surface area contributed by atoms with Gasteiger partial charge in [-0.05, 0) is 18.9 Å². The maximum absolute atomic E-state index is 12.5. The number of guanidine groups is 1. The van der Waals surface area contributed by atoms with Gasteiger partial charge in [-0.3, -0.25) is 4.99 Å². The van der Waals surface area contributed by atoms with Crippen molar-refractivity contribution in [1.29, 1.82) is 0 Å². The van der Waals surface area contributed by atoms with E-state index in [9.17, 15) is 8.78 Å². The second kappa shape index (κ2) is 11.0. The second-order valence-electron chi connectivity index (χ2n) is 6.29. The SMILES string of the molecule is CN=C(NCc1ccccc1OC(F)F)N1CCOC(C2CCCO2)C1.I. The Hall–Kier alpha value is -1.20. The molecule has 2 atom stereocenters. The van der Waals surface area contributed by atoms with E-state index in [1.807, 2.05) is 0 Å². The highest BCUT2D eigenvalue weighted by atomic mass is 127. The highest BCUT2D eigenvalue weighted by Crippen LogP contribution is 2.22. The molecule has 27 heavy (non-hydrogen) atoms. The Kier molecular flexibility index (Phi) is 8.97. The summed E-state index contributed by atoms with van der Waals surface area (Å²) in [6.45, 7) is 0.311. The summed E-state index contributed by atoms with van der Waals surface area (Å²) in [7, 11) is 1.71. The van der Waals surface area contributed by atoms with Crippen molar-refractivity contribution in [3.05, 3.63) is 29.8 Å². The first-order valence-corrected chi connectivity index (χ1v) is 8.89. The first kappa shape index (κ1) is 22.1. The first-order chi connectivity index (χ1) is 12.7. The fourth-order valence-electron chi connectivity index (χ4n) is 3.36. The Balaban J connectivity index is 0.00000261. The molecule has 0 radical (unpaired) electrons. The molecule has 2 heterocycles. The smallest absolute Gasteiger partial charge is 0.387 e. The molecular weight excluding hydrogens is 471 g/mol. The first-order valence-electron chi connectivity index (χ1n) is 8.89. The average Bonchev–Trinajstić information content (AvgIpc) is 3.18. The molecule has 0 amide bonds. The molecule has 3 rings (SSSR count). The summed E-state index contributed by atoms with van der Waals surface area (Å²) >= 11 is 0. The van der Waals surface area contributed by atoms with Crippen molar-refractivity contribution >= 4 is 29.9 Å². The van der Waals surface area contributed by atoms with Gasteiger partial charge in [0.05, 0.1) is 12.7 Å². The highest BCUT2D eigenvalue weighted by Gasteiger charge is 2.32. The number of nitrogens with one attached hydrogen (secondary N) is 1. The molecule has 0 aliphatic carbocycles. The molecule has 6 nitrogen and oxygen atoms in total. The van der Waals surface area contributed by atoms with Crippen molar-refractivity contribution in [3.8, 4) is 5.75 Å². The topological polar surface area (TPSA) is 55.3 Å². The fourth-order valence-corrected chi connectivity index (χ4v) is 3.36. The van der Waals surface area contributed by atoms with Gasteiger partial charge < -0.3 is 24.4 Å². The summed E-state index contributed by atoms with van der Waals surface area (Å²) in [4.78, 5) is 6.44. The molecule has 152 valence electrons. The van der Waals surface area contributed by atoms with Crippen LogP contribution in [0.2, 0.25) is 0 Å². The normalized spacial score (nSPS) is 23.3. The van der Waals surface area contributed by atoms with Crippen molar-refractivity contribution in [2.45, 2.75) is 38.2 Å². The highest BCUT2D eigenvalue weighted by molar-refractivity contribution is 14.0. The number of hydrogen-bond acceptors (Lipinski definition) is 4. The largest absolute Gasteiger partial charge is 0.434 e. The number of aliphatic imine (C=N–C) groups is 1. The van der Waals surface area contributed by atoms with Gasteiger partial charge >= 0.3 is 6.61 Å². The van der Waals surface area contributed by atoms with E-state index in [2.05, 4.69) is 19.9 Å². The molecule has 2 unspecified atom stereocenters. The summed E-state index contributed by atoms with van der Waals surface area (Å²) in [6, 6.07) is 6.76. The summed E-state index contributed by atoms with van der Waals surface area (Å²) < 4.78 is 41.3. The Labute approximate surface area is 175 Å². The Bertz CT molecular complexity index is 615. The van der Waals surface area contributed by atoms with E-state index in [0.717, 1.165) is 26.0 Å². The van der Waals surface area contributed by atoms with Crippen molar-refractivity contribution < 1.29 is 23.0 Å². The van der Waals surface area contributed by atoms with Crippen LogP contribution in [0.25, 0.3) is 0 Å². The number of halogens is 3. The number of ether oxygens (including phenoxy) is 3. The molecule has 0 saturated carbocycles. The minimum absolute atomic E-state index is 0. The number of benzene rings is 1. The van der Waals surface area contributed by atoms with Crippen LogP contribution in [-0.2, 0) is 16.0 Å². The Morgan fingerprint density at radius 3 is 2.78 bits per heavy atom. The molecule has 0 aromatic heterocycles. The third-order valence-corrected chi connectivity index (χ3v) is 4.61. The molecule has 2 aliphatic heterocycles. The minimum atomic E-state index is -2.85. The maximum atomic E-state index is 12.5. The Morgan fingerprint density at radius 1 is 1.30 bits per heavy atom. The zero-order valence-electron chi connectivity index (χ0n) is 15.3. The van der Waals surface area contributed by atoms with E-state index >= 15 is 0 Å². The lowest BCUT2D eigenvalue weighted by atomic mass is 10.1. The van der Waals surface area contributed by atoms with Crippen LogP contribution in [0.1, 0.15) is 18.4 Å². The fraction of sp³-hybridized carbons (Fsp3) is 0.611. The average molecular weight is 497 g/mol. The van der Waals surface area contributed by atoms with Crippen molar-refractivity contribution in [2.75, 3.05) is 33.4 Å². The van der Waals surface area contributed by atoms with Crippen LogP contribution in [0.15, 0.2) is 29.3 Å². The predicted octanol–water partition coefficient (Wildman–Crippen LogP) is 2.86. The molecular formula is C18H26F2IN3O3. The molecule has 2 saturated heterocycles. The number of para-hydroxylation sites is 1. The van der Waals surface area contributed by atoms with Crippen LogP contribution in [0.3, 0.4) is 0 Å². The molecule has 0 bridgehead atoms. The Morgan fingerprint density at radius 2 is 2.07 bits per heavy atom. The summed E-state index contributed by atoms with van der Waals surface area (Å²) in [5.74, 6) is 0.882. The zero-order chi connectivity index (χ0) is 18.4. The van der Waals surface area contributed by atoms with Gasteiger partial charge in [-0.1, -0.05) is 18.2 Å². The van der Waals surface area contributed by atoms with E-state index in [0.29, 0.717) is 31.2 Å². The number of alkyl halides is 2. The lowest BCUT2D eigenvalue weighted by molar-refractivity contribution is -0.0817. The summed E-state index contributed by atoms with van der Waals surface area (Å²) in [5, 5.41) is 3.23. The van der Waals surface area contributed by atoms with Gasteiger partial charge in [-0.15, -0.1) is 24.0 Å². The third kappa shape index (κ3) is 6.15. The van der Waals surface area contributed by atoms with E-state index in [1.54, 1.807) is 25.2 Å². The zero-order valence-corrected chi connectivity index (χ0v) is 17.6.